The molecule has 1 aliphatic rings. The van der Waals surface area contributed by atoms with Crippen molar-refractivity contribution in [2.45, 2.75) is 44.8 Å². The first-order valence-electron chi connectivity index (χ1n) is 9.98. The van der Waals surface area contributed by atoms with Crippen LogP contribution in [0.25, 0.3) is 10.9 Å². The van der Waals surface area contributed by atoms with E-state index in [1.807, 2.05) is 0 Å². The van der Waals surface area contributed by atoms with Crippen LogP contribution in [0.4, 0.5) is 8.78 Å². The Morgan fingerprint density at radius 2 is 2.07 bits per heavy atom. The molecule has 1 saturated carbocycles. The highest BCUT2D eigenvalue weighted by Gasteiger charge is 2.23. The first-order chi connectivity index (χ1) is 14.0. The average Bonchev–Trinajstić information content (AvgIpc) is 2.71. The Hall–Kier alpha value is -2.32. The molecule has 160 valence electrons. The Bertz CT molecular complexity index is 817. The minimum atomic E-state index is -2.88. The van der Waals surface area contributed by atoms with E-state index in [-0.39, 0.29) is 19.1 Å². The number of nitrogens with two attached hydrogens (primary N) is 1. The Balaban J connectivity index is 0.00000320. The summed E-state index contributed by atoms with van der Waals surface area (Å²) < 4.78 is 34.7. The first kappa shape index (κ1) is 21.4. The van der Waals surface area contributed by atoms with Crippen LogP contribution in [0.1, 0.15) is 43.9 Å². The second kappa shape index (κ2) is 10.5. The van der Waals surface area contributed by atoms with Gasteiger partial charge in [-0.15, -0.1) is 0 Å². The minimum absolute atomic E-state index is 0. The Kier molecular flexibility index (Phi) is 7.71. The molecule has 0 saturated heterocycles. The van der Waals surface area contributed by atoms with Gasteiger partial charge in [0.05, 0.1) is 11.1 Å². The van der Waals surface area contributed by atoms with Gasteiger partial charge in [0.15, 0.2) is 0 Å². The number of hydrogen-bond donors (Lipinski definition) is 2. The standard InChI is InChI=1S/C21H27F2N3O3.H2/c22-21(23)29-18-7-4-15-10-16(12-25-19(15)11-18)20(27)26-17-5-2-14(3-6-17)13-28-9-1-8-24;/h4,7,10-12,14,17,21H,1-3,5-6,8-9,13,24H2,(H,26,27);1H. The van der Waals surface area contributed by atoms with E-state index in [4.69, 9.17) is 10.5 Å². The molecule has 2 aromatic rings. The van der Waals surface area contributed by atoms with E-state index in [0.717, 1.165) is 38.7 Å². The van der Waals surface area contributed by atoms with Crippen molar-refractivity contribution in [2.75, 3.05) is 19.8 Å². The summed E-state index contributed by atoms with van der Waals surface area (Å²) in [6.07, 6.45) is 6.23. The lowest BCUT2D eigenvalue weighted by Crippen LogP contribution is -2.38. The van der Waals surface area contributed by atoms with E-state index in [9.17, 15) is 13.6 Å². The fraction of sp³-hybridized carbons (Fsp3) is 0.524. The molecule has 3 N–H and O–H groups in total. The van der Waals surface area contributed by atoms with Crippen molar-refractivity contribution in [2.24, 2.45) is 11.7 Å². The molecule has 3 rings (SSSR count). The molecule has 1 amide bonds. The smallest absolute Gasteiger partial charge is 0.387 e. The molecule has 8 heteroatoms. The van der Waals surface area contributed by atoms with Crippen LogP contribution >= 0.6 is 0 Å². The summed E-state index contributed by atoms with van der Waals surface area (Å²) >= 11 is 0. The van der Waals surface area contributed by atoms with Crippen molar-refractivity contribution in [1.82, 2.24) is 10.3 Å². The number of aromatic nitrogens is 1. The van der Waals surface area contributed by atoms with Crippen LogP contribution in [0.3, 0.4) is 0 Å². The minimum Gasteiger partial charge on any atom is -0.435 e. The van der Waals surface area contributed by atoms with Crippen LogP contribution in [-0.2, 0) is 4.74 Å². The molecule has 1 aliphatic carbocycles. The highest BCUT2D eigenvalue weighted by atomic mass is 19.3. The number of carbonyl (C=O) groups is 1. The number of halogens is 2. The lowest BCUT2D eigenvalue weighted by molar-refractivity contribution is -0.0497. The summed E-state index contributed by atoms with van der Waals surface area (Å²) in [5.41, 5.74) is 6.40. The molecule has 1 heterocycles. The van der Waals surface area contributed by atoms with E-state index in [1.165, 1.54) is 18.3 Å². The second-order valence-electron chi connectivity index (χ2n) is 7.37. The van der Waals surface area contributed by atoms with Gasteiger partial charge in [-0.05, 0) is 62.8 Å². The van der Waals surface area contributed by atoms with Gasteiger partial charge in [0.2, 0.25) is 0 Å². The Labute approximate surface area is 170 Å². The topological polar surface area (TPSA) is 86.5 Å². The summed E-state index contributed by atoms with van der Waals surface area (Å²) in [6.45, 7) is -0.776. The molecule has 0 aliphatic heterocycles. The van der Waals surface area contributed by atoms with Crippen LogP contribution in [0.5, 0.6) is 5.75 Å². The van der Waals surface area contributed by atoms with Crippen LogP contribution < -0.4 is 15.8 Å². The fourth-order valence-corrected chi connectivity index (χ4v) is 3.58. The molecular weight excluding hydrogens is 380 g/mol. The van der Waals surface area contributed by atoms with E-state index in [0.29, 0.717) is 35.5 Å². The quantitative estimate of drug-likeness (QED) is 0.616. The van der Waals surface area contributed by atoms with Crippen molar-refractivity contribution in [1.29, 1.82) is 0 Å². The van der Waals surface area contributed by atoms with Crippen molar-refractivity contribution in [3.8, 4) is 5.75 Å². The molecule has 29 heavy (non-hydrogen) atoms. The highest BCUT2D eigenvalue weighted by molar-refractivity contribution is 5.97. The summed E-state index contributed by atoms with van der Waals surface area (Å²) in [5, 5.41) is 3.77. The number of nitrogens with zero attached hydrogens (tertiary/aromatic N) is 1. The second-order valence-corrected chi connectivity index (χ2v) is 7.37. The number of carbonyl (C=O) groups excluding carboxylic acids is 1. The summed E-state index contributed by atoms with van der Waals surface area (Å²) in [4.78, 5) is 16.8. The molecule has 0 bridgehead atoms. The zero-order valence-corrected chi connectivity index (χ0v) is 16.3. The number of ether oxygens (including phenoxy) is 2. The average molecular weight is 409 g/mol. The van der Waals surface area contributed by atoms with E-state index in [1.54, 1.807) is 12.1 Å². The number of hydrogen-bond acceptors (Lipinski definition) is 5. The summed E-state index contributed by atoms with van der Waals surface area (Å²) in [5.74, 6) is 0.406. The third kappa shape index (κ3) is 6.33. The SMILES string of the molecule is NCCCOCC1CCC(NC(=O)c2cnc3cc(OC(F)F)ccc3c2)CC1.[HH]. The Morgan fingerprint density at radius 1 is 1.28 bits per heavy atom. The van der Waals surface area contributed by atoms with Gasteiger partial charge >= 0.3 is 6.61 Å². The van der Waals surface area contributed by atoms with Gasteiger partial charge in [0, 0.05) is 38.3 Å². The number of nitrogens with one attached hydrogen (secondary N) is 1. The predicted octanol–water partition coefficient (Wildman–Crippen LogP) is 3.74. The third-order valence-corrected chi connectivity index (χ3v) is 5.17. The molecule has 0 atom stereocenters. The lowest BCUT2D eigenvalue weighted by atomic mass is 9.86. The van der Waals surface area contributed by atoms with Crippen LogP contribution in [0.2, 0.25) is 0 Å². The molecule has 1 aromatic carbocycles. The van der Waals surface area contributed by atoms with Gasteiger partial charge < -0.3 is 20.5 Å². The first-order valence-corrected chi connectivity index (χ1v) is 9.98. The van der Waals surface area contributed by atoms with Crippen molar-refractivity contribution < 1.29 is 24.5 Å². The van der Waals surface area contributed by atoms with Gasteiger partial charge in [0.25, 0.3) is 5.91 Å². The van der Waals surface area contributed by atoms with Crippen LogP contribution in [0.15, 0.2) is 30.5 Å². The van der Waals surface area contributed by atoms with Gasteiger partial charge in [-0.3, -0.25) is 9.78 Å². The molecular formula is C21H29F2N3O3. The van der Waals surface area contributed by atoms with Crippen molar-refractivity contribution >= 4 is 16.8 Å². The van der Waals surface area contributed by atoms with Crippen molar-refractivity contribution in [3.05, 3.63) is 36.0 Å². The van der Waals surface area contributed by atoms with E-state index in [2.05, 4.69) is 15.0 Å². The predicted molar refractivity (Wildman–Crippen MR) is 108 cm³/mol. The van der Waals surface area contributed by atoms with Gasteiger partial charge in [-0.1, -0.05) is 0 Å². The maximum Gasteiger partial charge on any atom is 0.387 e. The lowest BCUT2D eigenvalue weighted by Gasteiger charge is -2.29. The van der Waals surface area contributed by atoms with Crippen molar-refractivity contribution in [3.63, 3.8) is 0 Å². The maximum atomic E-state index is 12.6. The number of amides is 1. The zero-order valence-electron chi connectivity index (χ0n) is 16.3. The molecule has 0 radical (unpaired) electrons. The monoisotopic (exact) mass is 409 g/mol. The summed E-state index contributed by atoms with van der Waals surface area (Å²) in [6, 6.07) is 6.34. The molecule has 1 fully saturated rings. The molecule has 0 spiro atoms. The highest BCUT2D eigenvalue weighted by Crippen LogP contribution is 2.25. The number of rotatable bonds is 9. The van der Waals surface area contributed by atoms with Gasteiger partial charge in [0.1, 0.15) is 5.75 Å². The van der Waals surface area contributed by atoms with Crippen LogP contribution in [-0.4, -0.2) is 43.3 Å². The maximum absolute atomic E-state index is 12.6. The molecule has 0 unspecified atom stereocenters. The number of alkyl halides is 2. The molecule has 6 nitrogen and oxygen atoms in total. The van der Waals surface area contributed by atoms with Crippen LogP contribution in [0, 0.1) is 5.92 Å². The zero-order chi connectivity index (χ0) is 20.6. The normalized spacial score (nSPS) is 19.4. The van der Waals surface area contributed by atoms with E-state index < -0.39 is 6.61 Å². The van der Waals surface area contributed by atoms with E-state index >= 15 is 0 Å². The number of benzene rings is 1. The van der Waals surface area contributed by atoms with Gasteiger partial charge in [-0.2, -0.15) is 8.78 Å². The third-order valence-electron chi connectivity index (χ3n) is 5.17. The Morgan fingerprint density at radius 3 is 2.79 bits per heavy atom. The molecule has 1 aromatic heterocycles. The van der Waals surface area contributed by atoms with Gasteiger partial charge in [-0.25, -0.2) is 0 Å². The number of pyridine rings is 1. The fourth-order valence-electron chi connectivity index (χ4n) is 3.58. The number of fused-ring (bicyclic) bond motifs is 1. The largest absolute Gasteiger partial charge is 0.435 e. The summed E-state index contributed by atoms with van der Waals surface area (Å²) in [7, 11) is 0.